The lowest BCUT2D eigenvalue weighted by Crippen LogP contribution is -2.59. The third-order valence-electron chi connectivity index (χ3n) is 14.9. The van der Waals surface area contributed by atoms with Gasteiger partial charge in [-0.25, -0.2) is 19.7 Å². The summed E-state index contributed by atoms with van der Waals surface area (Å²) in [6.07, 6.45) is 0.712. The number of non-ortho nitro benzene ring substituents is 1. The molecule has 3 saturated heterocycles. The summed E-state index contributed by atoms with van der Waals surface area (Å²) in [5, 5.41) is 21.2. The van der Waals surface area contributed by atoms with Gasteiger partial charge in [0.05, 0.1) is 49.4 Å². The van der Waals surface area contributed by atoms with Crippen LogP contribution >= 0.6 is 0 Å². The normalized spacial score (nSPS) is 21.2. The molecule has 4 aliphatic rings. The summed E-state index contributed by atoms with van der Waals surface area (Å²) in [6.45, 7) is 0.0287. The predicted molar refractivity (Wildman–Crippen MR) is 284 cm³/mol. The summed E-state index contributed by atoms with van der Waals surface area (Å²) in [5.41, 5.74) is -0.0106. The average molecular weight is 1080 g/mol. The Bertz CT molecular complexity index is 3360. The van der Waals surface area contributed by atoms with Crippen LogP contribution in [0.5, 0.6) is 5.75 Å². The fourth-order valence-corrected chi connectivity index (χ4v) is 11.4. The van der Waals surface area contributed by atoms with Crippen molar-refractivity contribution in [3.05, 3.63) is 189 Å². The zero-order valence-corrected chi connectivity index (χ0v) is 43.4. The molecule has 5 aromatic carbocycles. The van der Waals surface area contributed by atoms with E-state index in [0.717, 1.165) is 19.1 Å². The molecule has 1 N–H and O–H groups in total. The number of piperazine rings is 1. The average Bonchev–Trinajstić information content (AvgIpc) is 4.15. The van der Waals surface area contributed by atoms with Crippen LogP contribution in [0.1, 0.15) is 58.0 Å². The molecule has 80 heavy (non-hydrogen) atoms. The minimum Gasteiger partial charge on any atom is -0.491 e. The summed E-state index contributed by atoms with van der Waals surface area (Å²) < 4.78 is 28.1. The first kappa shape index (κ1) is 53.9. The van der Waals surface area contributed by atoms with E-state index in [1.54, 1.807) is 53.7 Å². The number of carbonyl (C=O) groups excluding carboxylic acids is 6. The summed E-state index contributed by atoms with van der Waals surface area (Å²) >= 11 is 0. The van der Waals surface area contributed by atoms with Gasteiger partial charge in [-0.1, -0.05) is 84.6 Å². The van der Waals surface area contributed by atoms with E-state index >= 15 is 19.2 Å². The molecule has 21 nitrogen and oxygen atoms in total. The standard InChI is InChI=1S/C59H53N7O14/c1-76-53(69)44(54(70)77-2)16-9-11-37-19-26-46-45(35-37)59(56(72)64(46)58(73)79-36-38-17-22-42(23-18-38)66(74)75)47(52(68)62-29-31-63(32-30-62)57-60-27-10-28-61-57)49-55(71)80-50(40-14-7-4-8-15-40)48(39-12-5-3-6-13-39)65(49)51(59)41-20-24-43(25-21-41)78-34-33-67/h3-8,10,12-15,17-28,35,44,47-51,67H,16,29-34,36H2,1-2H3. The number of aromatic nitrogens is 2. The number of hydrogen-bond donors (Lipinski definition) is 1. The van der Waals surface area contributed by atoms with Crippen molar-refractivity contribution < 1.29 is 62.5 Å². The maximum Gasteiger partial charge on any atom is 0.421 e. The lowest BCUT2D eigenvalue weighted by Gasteiger charge is -2.46. The highest BCUT2D eigenvalue weighted by Gasteiger charge is 2.76. The molecule has 3 amide bonds. The molecule has 0 aliphatic carbocycles. The number of rotatable bonds is 14. The lowest BCUT2D eigenvalue weighted by molar-refractivity contribution is -0.384. The molecule has 0 radical (unpaired) electrons. The third kappa shape index (κ3) is 10.0. The van der Waals surface area contributed by atoms with Crippen LogP contribution in [0.3, 0.4) is 0 Å². The summed E-state index contributed by atoms with van der Waals surface area (Å²) in [4.78, 5) is 116. The van der Waals surface area contributed by atoms with Gasteiger partial charge in [-0.2, -0.15) is 0 Å². The highest BCUT2D eigenvalue weighted by Crippen LogP contribution is 2.66. The number of esters is 3. The molecule has 1 spiro atoms. The minimum atomic E-state index is -2.23. The third-order valence-corrected chi connectivity index (χ3v) is 14.9. The molecule has 21 heteroatoms. The van der Waals surface area contributed by atoms with Crippen molar-refractivity contribution in [2.75, 3.05) is 63.4 Å². The van der Waals surface area contributed by atoms with Gasteiger partial charge in [-0.05, 0) is 76.3 Å². The van der Waals surface area contributed by atoms with Crippen molar-refractivity contribution in [1.82, 2.24) is 19.8 Å². The number of amides is 3. The molecule has 0 bridgehead atoms. The number of aliphatic hydroxyl groups excluding tert-OH is 1. The van der Waals surface area contributed by atoms with E-state index in [0.29, 0.717) is 34.0 Å². The number of methoxy groups -OCH3 is 2. The zero-order chi connectivity index (χ0) is 56.1. The maximum absolute atomic E-state index is 16.8. The van der Waals surface area contributed by atoms with E-state index in [9.17, 15) is 24.8 Å². The van der Waals surface area contributed by atoms with Gasteiger partial charge in [0.15, 0.2) is 5.92 Å². The number of imide groups is 1. The molecular formula is C59H53N7O14. The second-order valence-corrected chi connectivity index (χ2v) is 19.2. The zero-order valence-electron chi connectivity index (χ0n) is 43.4. The van der Waals surface area contributed by atoms with Crippen LogP contribution in [0.25, 0.3) is 0 Å². The lowest BCUT2D eigenvalue weighted by atomic mass is 9.65. The molecule has 5 heterocycles. The van der Waals surface area contributed by atoms with E-state index in [4.69, 9.17) is 23.7 Å². The number of aliphatic hydroxyl groups is 1. The van der Waals surface area contributed by atoms with Crippen LogP contribution in [0.4, 0.5) is 22.1 Å². The van der Waals surface area contributed by atoms with Gasteiger partial charge in [-0.3, -0.25) is 39.0 Å². The fraction of sp³-hybridized carbons (Fsp3) is 0.288. The molecule has 6 unspecified atom stereocenters. The molecule has 10 rings (SSSR count). The first-order valence-corrected chi connectivity index (χ1v) is 25.6. The van der Waals surface area contributed by atoms with Gasteiger partial charge in [-0.15, -0.1) is 0 Å². The smallest absolute Gasteiger partial charge is 0.421 e. The SMILES string of the molecule is COC(=O)C(CC#Cc1ccc2c(c1)C1(C(=O)N2C(=O)OCc2ccc([N+](=O)[O-])cc2)C(C(=O)N2CCN(c3ncccn3)CC2)C2C(=O)OC(c3ccccc3)C(c3ccccc3)N2C1c1ccc(OCCO)cc1)C(=O)OC. The quantitative estimate of drug-likeness (QED) is 0.0337. The minimum absolute atomic E-state index is 0.00271. The molecule has 3 fully saturated rings. The van der Waals surface area contributed by atoms with Crippen molar-refractivity contribution in [1.29, 1.82) is 0 Å². The van der Waals surface area contributed by atoms with Crippen molar-refractivity contribution in [2.24, 2.45) is 11.8 Å². The van der Waals surface area contributed by atoms with Crippen molar-refractivity contribution in [3.63, 3.8) is 0 Å². The molecular weight excluding hydrogens is 1030 g/mol. The number of benzene rings is 5. The predicted octanol–water partition coefficient (Wildman–Crippen LogP) is 5.81. The van der Waals surface area contributed by atoms with E-state index in [2.05, 4.69) is 21.8 Å². The van der Waals surface area contributed by atoms with Crippen molar-refractivity contribution in [3.8, 4) is 17.6 Å². The Kier molecular flexibility index (Phi) is 15.6. The van der Waals surface area contributed by atoms with Crippen molar-refractivity contribution in [2.45, 2.75) is 42.7 Å². The van der Waals surface area contributed by atoms with Crippen LogP contribution in [-0.2, 0) is 54.9 Å². The highest BCUT2D eigenvalue weighted by molar-refractivity contribution is 6.23. The van der Waals surface area contributed by atoms with Gasteiger partial charge in [0.1, 0.15) is 36.5 Å². The van der Waals surface area contributed by atoms with Crippen LogP contribution in [0.15, 0.2) is 146 Å². The second-order valence-electron chi connectivity index (χ2n) is 19.2. The Morgan fingerprint density at radius 2 is 1.45 bits per heavy atom. The fourth-order valence-electron chi connectivity index (χ4n) is 11.4. The number of ether oxygens (including phenoxy) is 5. The number of fused-ring (bicyclic) bond motifs is 3. The second kappa shape index (κ2) is 23.2. The van der Waals surface area contributed by atoms with Gasteiger partial charge in [0.25, 0.3) is 5.69 Å². The largest absolute Gasteiger partial charge is 0.491 e. The topological polar surface area (TPSA) is 251 Å². The van der Waals surface area contributed by atoms with E-state index in [1.807, 2.05) is 70.5 Å². The summed E-state index contributed by atoms with van der Waals surface area (Å²) in [5.74, 6) is -0.438. The number of nitro benzene ring substituents is 1. The van der Waals surface area contributed by atoms with Crippen LogP contribution in [-0.4, -0.2) is 125 Å². The monoisotopic (exact) mass is 1080 g/mol. The summed E-state index contributed by atoms with van der Waals surface area (Å²) in [7, 11) is 2.25. The van der Waals surface area contributed by atoms with Gasteiger partial charge >= 0.3 is 24.0 Å². The molecule has 6 aromatic rings. The molecule has 1 aromatic heterocycles. The van der Waals surface area contributed by atoms with E-state index < -0.39 is 88.8 Å². The Hall–Kier alpha value is -9.52. The van der Waals surface area contributed by atoms with Crippen molar-refractivity contribution >= 4 is 53.1 Å². The van der Waals surface area contributed by atoms with Crippen LogP contribution in [0, 0.1) is 33.8 Å². The highest BCUT2D eigenvalue weighted by atomic mass is 16.6. The Labute approximate surface area is 458 Å². The summed E-state index contributed by atoms with van der Waals surface area (Å²) in [6, 6.07) is 33.0. The maximum atomic E-state index is 16.8. The Balaban J connectivity index is 1.21. The number of hydrogen-bond acceptors (Lipinski definition) is 18. The van der Waals surface area contributed by atoms with Gasteiger partial charge in [0.2, 0.25) is 17.8 Å². The van der Waals surface area contributed by atoms with Gasteiger partial charge < -0.3 is 38.6 Å². The van der Waals surface area contributed by atoms with Crippen LogP contribution in [0.2, 0.25) is 0 Å². The molecule has 0 saturated carbocycles. The Morgan fingerprint density at radius 1 is 0.800 bits per heavy atom. The Morgan fingerprint density at radius 3 is 2.08 bits per heavy atom. The first-order valence-electron chi connectivity index (χ1n) is 25.6. The van der Waals surface area contributed by atoms with Crippen LogP contribution < -0.4 is 14.5 Å². The number of carbonyl (C=O) groups is 6. The first-order chi connectivity index (χ1) is 38.9. The number of morpholine rings is 1. The molecule has 408 valence electrons. The van der Waals surface area contributed by atoms with Gasteiger partial charge in [0, 0.05) is 62.7 Å². The van der Waals surface area contributed by atoms with E-state index in [-0.39, 0.29) is 68.3 Å². The number of anilines is 2. The number of cyclic esters (lactones) is 1. The number of nitro groups is 1. The van der Waals surface area contributed by atoms with E-state index in [1.165, 1.54) is 36.4 Å². The molecule has 6 atom stereocenters. The number of nitrogens with zero attached hydrogens (tertiary/aromatic N) is 7. The molecule has 4 aliphatic heterocycles.